The molecule has 1 aliphatic heterocycles. The van der Waals surface area contributed by atoms with Crippen LogP contribution in [0, 0.1) is 17.2 Å². The minimum absolute atomic E-state index is 0.0296. The van der Waals surface area contributed by atoms with Gasteiger partial charge in [0.2, 0.25) is 0 Å². The highest BCUT2D eigenvalue weighted by atomic mass is 32.1. The maximum Gasteiger partial charge on any atom is 0.283 e. The lowest BCUT2D eigenvalue weighted by molar-refractivity contribution is 0.0480. The van der Waals surface area contributed by atoms with Crippen molar-refractivity contribution in [3.63, 3.8) is 0 Å². The summed E-state index contributed by atoms with van der Waals surface area (Å²) in [5, 5.41) is 10.4. The molecule has 6 rings (SSSR count). The number of nitrogens with zero attached hydrogens (tertiary/aromatic N) is 5. The third-order valence-corrected chi connectivity index (χ3v) is 10.9. The fourth-order valence-electron chi connectivity index (χ4n) is 6.85. The lowest BCUT2D eigenvalue weighted by atomic mass is 9.71. The molecule has 48 heavy (non-hydrogen) atoms. The number of aryl methyl sites for hydroxylation is 1. The molecule has 0 bridgehead atoms. The van der Waals surface area contributed by atoms with E-state index in [1.165, 1.54) is 36.3 Å². The van der Waals surface area contributed by atoms with Gasteiger partial charge in [-0.1, -0.05) is 56.4 Å². The smallest absolute Gasteiger partial charge is 0.283 e. The van der Waals surface area contributed by atoms with Gasteiger partial charge in [0.25, 0.3) is 5.91 Å². The summed E-state index contributed by atoms with van der Waals surface area (Å²) in [6.45, 7) is 9.29. The van der Waals surface area contributed by atoms with Crippen LogP contribution in [0.15, 0.2) is 42.6 Å². The van der Waals surface area contributed by atoms with Crippen LogP contribution in [0.3, 0.4) is 0 Å². The molecule has 2 atom stereocenters. The number of piperidine rings is 1. The molecule has 4 heterocycles. The second-order valence-electron chi connectivity index (χ2n) is 14.2. The number of rotatable bonds is 10. The first kappa shape index (κ1) is 34.4. The van der Waals surface area contributed by atoms with E-state index >= 15 is 0 Å². The SMILES string of the molecule is COCOc1cnc(-c2ccc([C@@H](CCN3CCC(O)CC3)N(C)C(=O)c3nc4cc5c(nc4s3)CC[C@H](C(C)(C)C)C5)cc2)cc1F. The number of hydrogen-bond donors (Lipinski definition) is 1. The molecule has 3 aromatic heterocycles. The summed E-state index contributed by atoms with van der Waals surface area (Å²) >= 11 is 1.37. The van der Waals surface area contributed by atoms with Crippen molar-refractivity contribution in [3.05, 3.63) is 70.2 Å². The maximum absolute atomic E-state index is 14.7. The van der Waals surface area contributed by atoms with E-state index in [1.54, 1.807) is 4.90 Å². The van der Waals surface area contributed by atoms with E-state index < -0.39 is 5.82 Å². The van der Waals surface area contributed by atoms with E-state index in [4.69, 9.17) is 19.4 Å². The van der Waals surface area contributed by atoms with Gasteiger partial charge in [-0.2, -0.15) is 0 Å². The number of pyridine rings is 2. The predicted octanol–water partition coefficient (Wildman–Crippen LogP) is 6.69. The molecule has 1 fully saturated rings. The van der Waals surface area contributed by atoms with Gasteiger partial charge in [0.15, 0.2) is 23.4 Å². The number of benzene rings is 1. The number of likely N-dealkylation sites (tertiary alicyclic amines) is 1. The number of fused-ring (bicyclic) bond motifs is 2. The highest BCUT2D eigenvalue weighted by molar-refractivity contribution is 7.19. The average molecular weight is 676 g/mol. The summed E-state index contributed by atoms with van der Waals surface area (Å²) in [6, 6.07) is 11.1. The molecule has 9 nitrogen and oxygen atoms in total. The number of aromatic nitrogens is 3. The summed E-state index contributed by atoms with van der Waals surface area (Å²) in [4.78, 5) is 33.2. The minimum Gasteiger partial charge on any atom is -0.463 e. The molecule has 1 aromatic carbocycles. The molecular formula is C37H46FN5O4S. The number of amides is 1. The molecule has 0 radical (unpaired) electrons. The van der Waals surface area contributed by atoms with Gasteiger partial charge >= 0.3 is 0 Å². The molecule has 256 valence electrons. The van der Waals surface area contributed by atoms with Crippen LogP contribution >= 0.6 is 11.3 Å². The Kier molecular flexibility index (Phi) is 10.4. The quantitative estimate of drug-likeness (QED) is 0.186. The topological polar surface area (TPSA) is 101 Å². The van der Waals surface area contributed by atoms with Crippen LogP contribution in [0.1, 0.15) is 79.1 Å². The van der Waals surface area contributed by atoms with Gasteiger partial charge < -0.3 is 24.4 Å². The van der Waals surface area contributed by atoms with Crippen LogP contribution in [0.2, 0.25) is 0 Å². The van der Waals surface area contributed by atoms with Gasteiger partial charge in [0.1, 0.15) is 10.3 Å². The second-order valence-corrected chi connectivity index (χ2v) is 15.2. The predicted molar refractivity (Wildman–Crippen MR) is 186 cm³/mol. The lowest BCUT2D eigenvalue weighted by Gasteiger charge is -2.34. The number of aliphatic hydroxyl groups excluding tert-OH is 1. The molecule has 1 amide bonds. The van der Waals surface area contributed by atoms with Gasteiger partial charge in [-0.05, 0) is 67.1 Å². The van der Waals surface area contributed by atoms with Crippen LogP contribution in [-0.2, 0) is 17.6 Å². The van der Waals surface area contributed by atoms with E-state index in [-0.39, 0.29) is 36.0 Å². The molecule has 0 unspecified atom stereocenters. The van der Waals surface area contributed by atoms with E-state index in [2.05, 4.69) is 36.7 Å². The van der Waals surface area contributed by atoms with E-state index in [9.17, 15) is 14.3 Å². The van der Waals surface area contributed by atoms with Crippen LogP contribution in [-0.4, -0.2) is 82.5 Å². The summed E-state index contributed by atoms with van der Waals surface area (Å²) in [5.41, 5.74) is 5.61. The van der Waals surface area contributed by atoms with Crippen LogP contribution < -0.4 is 4.74 Å². The largest absolute Gasteiger partial charge is 0.463 e. The van der Waals surface area contributed by atoms with Crippen molar-refractivity contribution in [1.82, 2.24) is 24.8 Å². The number of carbonyl (C=O) groups is 1. The van der Waals surface area contributed by atoms with Crippen molar-refractivity contribution in [2.24, 2.45) is 11.3 Å². The molecule has 1 aliphatic carbocycles. The third-order valence-electron chi connectivity index (χ3n) is 9.96. The first-order valence-corrected chi connectivity index (χ1v) is 17.7. The molecule has 0 spiro atoms. The zero-order valence-electron chi connectivity index (χ0n) is 28.5. The lowest BCUT2D eigenvalue weighted by Crippen LogP contribution is -2.39. The van der Waals surface area contributed by atoms with Gasteiger partial charge in [-0.15, -0.1) is 0 Å². The Morgan fingerprint density at radius 1 is 1.15 bits per heavy atom. The van der Waals surface area contributed by atoms with Crippen molar-refractivity contribution in [2.45, 2.75) is 71.4 Å². The zero-order chi connectivity index (χ0) is 34.0. The second kappa shape index (κ2) is 14.5. The normalized spacial score (nSPS) is 18.1. The summed E-state index contributed by atoms with van der Waals surface area (Å²) in [6.07, 6.45) is 6.40. The Morgan fingerprint density at radius 2 is 1.90 bits per heavy atom. The first-order valence-electron chi connectivity index (χ1n) is 16.8. The van der Waals surface area contributed by atoms with Gasteiger partial charge in [0.05, 0.1) is 24.0 Å². The first-order chi connectivity index (χ1) is 23.0. The number of halogens is 1. The summed E-state index contributed by atoms with van der Waals surface area (Å²) in [5.74, 6) is -0.0327. The molecule has 11 heteroatoms. The fraction of sp³-hybridized carbons (Fsp3) is 0.514. The Morgan fingerprint density at radius 3 is 2.58 bits per heavy atom. The number of hydrogen-bond acceptors (Lipinski definition) is 9. The molecule has 0 saturated carbocycles. The Labute approximate surface area is 286 Å². The number of carbonyl (C=O) groups excluding carboxylic acids is 1. The molecule has 2 aliphatic rings. The van der Waals surface area contributed by atoms with Gasteiger partial charge in [-0.3, -0.25) is 9.78 Å². The molecular weight excluding hydrogens is 630 g/mol. The van der Waals surface area contributed by atoms with Gasteiger partial charge in [0, 0.05) is 51.1 Å². The van der Waals surface area contributed by atoms with Crippen LogP contribution in [0.4, 0.5) is 4.39 Å². The Bertz CT molecular complexity index is 1730. The minimum atomic E-state index is -0.517. The average Bonchev–Trinajstić information content (AvgIpc) is 3.49. The zero-order valence-corrected chi connectivity index (χ0v) is 29.4. The van der Waals surface area contributed by atoms with Crippen molar-refractivity contribution in [3.8, 4) is 17.0 Å². The highest BCUT2D eigenvalue weighted by Crippen LogP contribution is 2.38. The molecule has 1 saturated heterocycles. The number of aliphatic hydroxyl groups is 1. The third kappa shape index (κ3) is 7.70. The fourth-order valence-corrected chi connectivity index (χ4v) is 7.77. The van der Waals surface area contributed by atoms with E-state index in [0.29, 0.717) is 23.0 Å². The van der Waals surface area contributed by atoms with Crippen molar-refractivity contribution < 1.29 is 23.8 Å². The maximum atomic E-state index is 14.7. The molecule has 4 aromatic rings. The number of ether oxygens (including phenoxy) is 2. The number of thiazole rings is 1. The summed E-state index contributed by atoms with van der Waals surface area (Å²) in [7, 11) is 3.31. The monoisotopic (exact) mass is 675 g/mol. The van der Waals surface area contributed by atoms with Crippen molar-refractivity contribution in [1.29, 1.82) is 0 Å². The van der Waals surface area contributed by atoms with Crippen LogP contribution in [0.5, 0.6) is 5.75 Å². The summed E-state index contributed by atoms with van der Waals surface area (Å²) < 4.78 is 24.8. The van der Waals surface area contributed by atoms with Gasteiger partial charge in [-0.25, -0.2) is 14.4 Å². The highest BCUT2D eigenvalue weighted by Gasteiger charge is 2.31. The van der Waals surface area contributed by atoms with Crippen LogP contribution in [0.25, 0.3) is 21.6 Å². The standard InChI is InChI=1S/C37H46FN5O4S/c1-37(2,3)26-10-11-29-25(18-26)19-31-34(40-29)48-35(41-31)36(45)42(4)32(14-17-43-15-12-27(44)13-16-43)24-8-6-23(7-9-24)30-20-28(38)33(21-39-30)47-22-46-5/h6-9,19-21,26-27,32,44H,10-18,22H2,1-5H3/t26-,32+/m0/s1. The van der Waals surface area contributed by atoms with Crippen molar-refractivity contribution >= 4 is 27.6 Å². The Hall–Kier alpha value is -3.51. The molecule has 1 N–H and O–H groups in total. The Balaban J connectivity index is 1.24. The van der Waals surface area contributed by atoms with Crippen molar-refractivity contribution in [2.75, 3.05) is 40.6 Å². The number of methoxy groups -OCH3 is 1. The van der Waals surface area contributed by atoms with E-state index in [1.807, 2.05) is 31.3 Å². The van der Waals surface area contributed by atoms with E-state index in [0.717, 1.165) is 78.9 Å².